The fraction of sp³-hybridized carbons (Fsp3) is 0.217. The third-order valence-corrected chi connectivity index (χ3v) is 8.56. The van der Waals surface area contributed by atoms with Crippen molar-refractivity contribution in [1.29, 1.82) is 0 Å². The molecule has 4 heteroatoms. The van der Waals surface area contributed by atoms with E-state index in [0.29, 0.717) is 0 Å². The van der Waals surface area contributed by atoms with Crippen molar-refractivity contribution < 1.29 is 0 Å². The highest BCUT2D eigenvalue weighted by Gasteiger charge is 2.20. The summed E-state index contributed by atoms with van der Waals surface area (Å²) in [4.78, 5) is 8.25. The molecule has 1 aromatic carbocycles. The Balaban J connectivity index is 1.99. The van der Waals surface area contributed by atoms with Crippen molar-refractivity contribution in [1.82, 2.24) is 0 Å². The van der Waals surface area contributed by atoms with Gasteiger partial charge in [-0.25, -0.2) is 0 Å². The molecule has 0 bridgehead atoms. The Morgan fingerprint density at radius 2 is 1.26 bits per heavy atom. The molecule has 0 radical (unpaired) electrons. The lowest BCUT2D eigenvalue weighted by atomic mass is 10.0. The zero-order chi connectivity index (χ0) is 19.3. The molecule has 0 nitrogen and oxygen atoms in total. The zero-order valence-electron chi connectivity index (χ0n) is 16.1. The van der Waals surface area contributed by atoms with Crippen LogP contribution in [-0.2, 0) is 0 Å². The number of halogens is 1. The molecule has 0 aliphatic heterocycles. The van der Waals surface area contributed by atoms with E-state index in [-0.39, 0.29) is 0 Å². The molecule has 0 N–H and O–H groups in total. The highest BCUT2D eigenvalue weighted by Crippen LogP contribution is 2.48. The van der Waals surface area contributed by atoms with Gasteiger partial charge in [0.25, 0.3) is 0 Å². The Morgan fingerprint density at radius 3 is 1.85 bits per heavy atom. The summed E-state index contributed by atoms with van der Waals surface area (Å²) in [7, 11) is 0. The highest BCUT2D eigenvalue weighted by atomic mass is 79.9. The van der Waals surface area contributed by atoms with E-state index in [2.05, 4.69) is 86.9 Å². The molecular weight excluding hydrogens is 452 g/mol. The molecule has 0 fully saturated rings. The van der Waals surface area contributed by atoms with E-state index < -0.39 is 0 Å². The molecule has 0 unspecified atom stereocenters. The number of hydrogen-bond donors (Lipinski definition) is 0. The second-order valence-electron chi connectivity index (χ2n) is 6.99. The second-order valence-corrected chi connectivity index (χ2v) is 11.8. The van der Waals surface area contributed by atoms with Gasteiger partial charge < -0.3 is 0 Å². The average molecular weight is 474 g/mol. The van der Waals surface area contributed by atoms with Crippen molar-refractivity contribution in [2.24, 2.45) is 0 Å². The number of benzene rings is 1. The smallest absolute Gasteiger partial charge is 0.0439 e. The van der Waals surface area contributed by atoms with Crippen molar-refractivity contribution in [2.75, 3.05) is 0 Å². The third kappa shape index (κ3) is 3.61. The summed E-state index contributed by atoms with van der Waals surface area (Å²) in [6.07, 6.45) is 0. The Morgan fingerprint density at radius 1 is 0.630 bits per heavy atom. The van der Waals surface area contributed by atoms with Crippen LogP contribution >= 0.6 is 49.9 Å². The van der Waals surface area contributed by atoms with Gasteiger partial charge in [-0.3, -0.25) is 0 Å². The summed E-state index contributed by atoms with van der Waals surface area (Å²) in [5.74, 6) is 0. The first-order valence-corrected chi connectivity index (χ1v) is 12.1. The van der Waals surface area contributed by atoms with Crippen LogP contribution in [0.5, 0.6) is 0 Å². The largest absolute Gasteiger partial charge is 0.145 e. The molecular formula is C23H21BrS3. The van der Waals surface area contributed by atoms with Crippen molar-refractivity contribution in [2.45, 2.75) is 34.6 Å². The van der Waals surface area contributed by atoms with E-state index in [1.807, 2.05) is 34.0 Å². The second kappa shape index (κ2) is 7.32. The molecule has 0 aliphatic rings. The van der Waals surface area contributed by atoms with Gasteiger partial charge >= 0.3 is 0 Å². The summed E-state index contributed by atoms with van der Waals surface area (Å²) in [6, 6.07) is 13.7. The van der Waals surface area contributed by atoms with Gasteiger partial charge in [-0.2, -0.15) is 0 Å². The molecule has 0 saturated heterocycles. The van der Waals surface area contributed by atoms with E-state index in [9.17, 15) is 0 Å². The van der Waals surface area contributed by atoms with Crippen molar-refractivity contribution in [3.05, 3.63) is 65.9 Å². The van der Waals surface area contributed by atoms with E-state index in [1.54, 1.807) is 0 Å². The molecule has 3 aromatic heterocycles. The number of rotatable bonds is 3. The lowest BCUT2D eigenvalue weighted by Gasteiger charge is -2.03. The topological polar surface area (TPSA) is 0 Å². The SMILES string of the molecule is Cc1ccc(Br)c(-c2cc(-c3cc(C)sc3C)c(-c3cc(C)sc3C)s2)c1. The third-order valence-electron chi connectivity index (χ3n) is 4.74. The van der Waals surface area contributed by atoms with E-state index in [1.165, 1.54) is 57.1 Å². The van der Waals surface area contributed by atoms with Crippen LogP contribution in [0.2, 0.25) is 0 Å². The summed E-state index contributed by atoms with van der Waals surface area (Å²) in [6.45, 7) is 11.0. The van der Waals surface area contributed by atoms with E-state index >= 15 is 0 Å². The normalized spacial score (nSPS) is 11.3. The maximum absolute atomic E-state index is 3.76. The summed E-state index contributed by atoms with van der Waals surface area (Å²) < 4.78 is 1.16. The Bertz CT molecular complexity index is 1080. The number of thiophene rings is 3. The lowest BCUT2D eigenvalue weighted by molar-refractivity contribution is 1.46. The minimum atomic E-state index is 1.16. The van der Waals surface area contributed by atoms with Crippen molar-refractivity contribution >= 4 is 49.9 Å². The first kappa shape index (κ1) is 19.1. The minimum Gasteiger partial charge on any atom is -0.145 e. The van der Waals surface area contributed by atoms with Crippen LogP contribution in [0.3, 0.4) is 0 Å². The number of hydrogen-bond acceptors (Lipinski definition) is 3. The van der Waals surface area contributed by atoms with Crippen LogP contribution in [0.1, 0.15) is 25.1 Å². The van der Waals surface area contributed by atoms with Gasteiger partial charge in [0.2, 0.25) is 0 Å². The minimum absolute atomic E-state index is 1.16. The molecule has 4 aromatic rings. The Labute approximate surface area is 181 Å². The Hall–Kier alpha value is -1.20. The summed E-state index contributed by atoms with van der Waals surface area (Å²) in [5.41, 5.74) is 6.69. The van der Waals surface area contributed by atoms with Crippen LogP contribution < -0.4 is 0 Å². The average Bonchev–Trinajstić information content (AvgIpc) is 3.26. The van der Waals surface area contributed by atoms with Gasteiger partial charge in [-0.1, -0.05) is 27.6 Å². The first-order valence-electron chi connectivity index (χ1n) is 8.88. The summed E-state index contributed by atoms with van der Waals surface area (Å²) in [5, 5.41) is 0. The zero-order valence-corrected chi connectivity index (χ0v) is 20.1. The predicted molar refractivity (Wildman–Crippen MR) is 128 cm³/mol. The van der Waals surface area contributed by atoms with Crippen LogP contribution in [0.4, 0.5) is 0 Å². The van der Waals surface area contributed by atoms with Crippen molar-refractivity contribution in [3.63, 3.8) is 0 Å². The fourth-order valence-corrected chi connectivity index (χ4v) is 7.31. The molecule has 0 amide bonds. The van der Waals surface area contributed by atoms with Gasteiger partial charge in [-0.05, 0) is 70.5 Å². The standard InChI is InChI=1S/C23H21BrS3/c1-12-6-7-21(24)20(8-12)22-11-19(17-9-13(2)25-15(17)4)23(27-22)18-10-14(3)26-16(18)5/h6-11H,1-5H3. The maximum Gasteiger partial charge on any atom is 0.0439 e. The van der Waals surface area contributed by atoms with Gasteiger partial charge in [0.15, 0.2) is 0 Å². The van der Waals surface area contributed by atoms with Gasteiger partial charge in [0.05, 0.1) is 0 Å². The van der Waals surface area contributed by atoms with Crippen LogP contribution in [0, 0.1) is 34.6 Å². The van der Waals surface area contributed by atoms with Crippen molar-refractivity contribution in [3.8, 4) is 32.0 Å². The van der Waals surface area contributed by atoms with E-state index in [0.717, 1.165) is 4.47 Å². The fourth-order valence-electron chi connectivity index (χ4n) is 3.51. The van der Waals surface area contributed by atoms with Gasteiger partial charge in [0, 0.05) is 50.4 Å². The molecule has 0 aliphatic carbocycles. The quantitative estimate of drug-likeness (QED) is 0.278. The predicted octanol–water partition coefficient (Wildman–Crippen LogP) is 9.18. The van der Waals surface area contributed by atoms with Crippen LogP contribution in [-0.4, -0.2) is 0 Å². The molecule has 138 valence electrons. The van der Waals surface area contributed by atoms with Crippen LogP contribution in [0.25, 0.3) is 32.0 Å². The molecule has 0 spiro atoms. The van der Waals surface area contributed by atoms with Gasteiger partial charge in [-0.15, -0.1) is 34.0 Å². The molecule has 27 heavy (non-hydrogen) atoms. The molecule has 0 atom stereocenters. The molecule has 4 rings (SSSR count). The highest BCUT2D eigenvalue weighted by molar-refractivity contribution is 9.10. The van der Waals surface area contributed by atoms with Crippen LogP contribution in [0.15, 0.2) is 40.9 Å². The molecule has 0 saturated carbocycles. The maximum atomic E-state index is 3.76. The van der Waals surface area contributed by atoms with Gasteiger partial charge in [0.1, 0.15) is 0 Å². The number of aryl methyl sites for hydroxylation is 5. The monoisotopic (exact) mass is 472 g/mol. The summed E-state index contributed by atoms with van der Waals surface area (Å²) >= 11 is 9.45. The first-order chi connectivity index (χ1) is 12.8. The lowest BCUT2D eigenvalue weighted by Crippen LogP contribution is -1.79. The molecule has 3 heterocycles. The Kier molecular flexibility index (Phi) is 5.19. The van der Waals surface area contributed by atoms with E-state index in [4.69, 9.17) is 0 Å².